The standard InChI is InChI=1S/C19H23NO3Si/c1-15(14-21)12-19(24,20(22)23)13-16-6-5-9-18(11-10-16)17-7-3-2-4-8-17/h2-4,7-8,10-11,14-15,20,22H,6,12-13H2,1,24H3/t15-,19+/m1/s1. The monoisotopic (exact) mass is 341 g/mol. The molecule has 0 bridgehead atoms. The minimum Gasteiger partial charge on any atom is -0.600 e. The molecule has 1 unspecified atom stereocenters. The molecule has 0 amide bonds. The normalized spacial score (nSPS) is 19.0. The summed E-state index contributed by atoms with van der Waals surface area (Å²) in [5.74, 6) is 6.06. The molecule has 1 aliphatic carbocycles. The number of hydrogen-bond acceptors (Lipinski definition) is 3. The molecule has 1 aliphatic rings. The Labute approximate surface area is 145 Å². The van der Waals surface area contributed by atoms with Gasteiger partial charge in [-0.2, -0.15) is 0 Å². The van der Waals surface area contributed by atoms with Crippen molar-refractivity contribution in [2.75, 3.05) is 0 Å². The van der Waals surface area contributed by atoms with E-state index in [1.165, 1.54) is 0 Å². The van der Waals surface area contributed by atoms with Gasteiger partial charge in [0.05, 0.1) is 10.2 Å². The molecule has 2 rings (SSSR count). The molecule has 1 aromatic rings. The van der Waals surface area contributed by atoms with Gasteiger partial charge in [-0.3, -0.25) is 0 Å². The van der Waals surface area contributed by atoms with Gasteiger partial charge in [0, 0.05) is 30.8 Å². The molecule has 0 heterocycles. The van der Waals surface area contributed by atoms with Crippen molar-refractivity contribution in [2.24, 2.45) is 5.92 Å². The highest BCUT2D eigenvalue weighted by atomic mass is 28.1. The molecule has 4 nitrogen and oxygen atoms in total. The molecule has 0 aromatic heterocycles. The second-order valence-electron chi connectivity index (χ2n) is 6.61. The third-order valence-electron chi connectivity index (χ3n) is 4.25. The molecule has 0 fully saturated rings. The number of nitrogens with one attached hydrogen (secondary N) is 1. The van der Waals surface area contributed by atoms with Crippen molar-refractivity contribution in [3.8, 4) is 11.8 Å². The van der Waals surface area contributed by atoms with Crippen LogP contribution in [-0.4, -0.2) is 26.9 Å². The van der Waals surface area contributed by atoms with E-state index in [2.05, 4.69) is 11.8 Å². The van der Waals surface area contributed by atoms with E-state index in [-0.39, 0.29) is 5.92 Å². The van der Waals surface area contributed by atoms with Crippen LogP contribution >= 0.6 is 0 Å². The van der Waals surface area contributed by atoms with E-state index in [9.17, 15) is 15.2 Å². The summed E-state index contributed by atoms with van der Waals surface area (Å²) >= 11 is 0. The molecule has 0 radical (unpaired) electrons. The predicted octanol–water partition coefficient (Wildman–Crippen LogP) is 0.852. The minimum absolute atomic E-state index is 0.244. The third-order valence-corrected chi connectivity index (χ3v) is 5.44. The lowest BCUT2D eigenvalue weighted by Gasteiger charge is -2.37. The summed E-state index contributed by atoms with van der Waals surface area (Å²) in [6, 6.07) is 9.94. The average Bonchev–Trinajstić information content (AvgIpc) is 2.80. The minimum atomic E-state index is -0.821. The average molecular weight is 341 g/mol. The van der Waals surface area contributed by atoms with Crippen LogP contribution in [0.15, 0.2) is 48.1 Å². The van der Waals surface area contributed by atoms with E-state index in [1.54, 1.807) is 6.92 Å². The van der Waals surface area contributed by atoms with Gasteiger partial charge in [0.1, 0.15) is 11.4 Å². The molecule has 0 saturated heterocycles. The largest absolute Gasteiger partial charge is 0.600 e. The Morgan fingerprint density at radius 2 is 2.12 bits per heavy atom. The Balaban J connectivity index is 2.20. The maximum absolute atomic E-state index is 11.8. The summed E-state index contributed by atoms with van der Waals surface area (Å²) in [5, 5.41) is 19.8. The number of rotatable bonds is 7. The lowest BCUT2D eigenvalue weighted by Crippen LogP contribution is -3.14. The Kier molecular flexibility index (Phi) is 6.29. The number of carbonyl (C=O) groups is 1. The Morgan fingerprint density at radius 1 is 1.42 bits per heavy atom. The van der Waals surface area contributed by atoms with Gasteiger partial charge >= 0.3 is 0 Å². The molecule has 1 aromatic carbocycles. The number of carbonyl (C=O) groups excluding carboxylic acids is 1. The molecule has 0 aliphatic heterocycles. The van der Waals surface area contributed by atoms with Crippen LogP contribution in [0.25, 0.3) is 5.57 Å². The predicted molar refractivity (Wildman–Crippen MR) is 98.1 cm³/mol. The molecule has 0 saturated carbocycles. The molecule has 24 heavy (non-hydrogen) atoms. The Morgan fingerprint density at radius 3 is 2.75 bits per heavy atom. The number of allylic oxidation sites excluding steroid dienone is 3. The lowest BCUT2D eigenvalue weighted by molar-refractivity contribution is -1.08. The van der Waals surface area contributed by atoms with Gasteiger partial charge in [-0.15, -0.1) is 0 Å². The fourth-order valence-electron chi connectivity index (χ4n) is 2.96. The fourth-order valence-corrected chi connectivity index (χ4v) is 4.06. The van der Waals surface area contributed by atoms with Crippen molar-refractivity contribution in [1.29, 1.82) is 0 Å². The van der Waals surface area contributed by atoms with E-state index in [0.717, 1.165) is 23.0 Å². The second-order valence-corrected chi connectivity index (χ2v) is 8.52. The zero-order valence-corrected chi connectivity index (χ0v) is 16.1. The van der Waals surface area contributed by atoms with E-state index < -0.39 is 10.4 Å². The third kappa shape index (κ3) is 4.76. The molecule has 126 valence electrons. The Bertz CT molecular complexity index is 700. The molecular weight excluding hydrogens is 318 g/mol. The van der Waals surface area contributed by atoms with Gasteiger partial charge < -0.3 is 10.0 Å². The highest BCUT2D eigenvalue weighted by Crippen LogP contribution is 2.23. The zero-order valence-electron chi connectivity index (χ0n) is 14.1. The van der Waals surface area contributed by atoms with Crippen LogP contribution in [-0.2, 0) is 4.79 Å². The van der Waals surface area contributed by atoms with Gasteiger partial charge in [0.2, 0.25) is 0 Å². The summed E-state index contributed by atoms with van der Waals surface area (Å²) in [7, 11) is 0.490. The molecule has 0 spiro atoms. The summed E-state index contributed by atoms with van der Waals surface area (Å²) in [4.78, 5) is 10.9. The van der Waals surface area contributed by atoms with E-state index >= 15 is 0 Å². The van der Waals surface area contributed by atoms with Crippen molar-refractivity contribution >= 4 is 22.1 Å². The molecule has 3 atom stereocenters. The van der Waals surface area contributed by atoms with Gasteiger partial charge in [0.25, 0.3) is 0 Å². The first kappa shape index (κ1) is 18.4. The van der Waals surface area contributed by atoms with Crippen LogP contribution < -0.4 is 5.23 Å². The van der Waals surface area contributed by atoms with Crippen molar-refractivity contribution < 1.29 is 15.2 Å². The van der Waals surface area contributed by atoms with Crippen LogP contribution in [0.4, 0.5) is 0 Å². The zero-order chi connectivity index (χ0) is 17.6. The summed E-state index contributed by atoms with van der Waals surface area (Å²) in [5.41, 5.74) is 3.03. The Hall–Kier alpha value is -1.97. The van der Waals surface area contributed by atoms with Crippen molar-refractivity contribution in [2.45, 2.75) is 31.3 Å². The number of aldehydes is 1. The van der Waals surface area contributed by atoms with Crippen LogP contribution in [0.2, 0.25) is 0 Å². The topological polar surface area (TPSA) is 64.8 Å². The first-order chi connectivity index (χ1) is 11.4. The van der Waals surface area contributed by atoms with Crippen LogP contribution in [0.5, 0.6) is 0 Å². The summed E-state index contributed by atoms with van der Waals surface area (Å²) < 4.78 is 0. The van der Waals surface area contributed by atoms with E-state index in [4.69, 9.17) is 0 Å². The van der Waals surface area contributed by atoms with Crippen molar-refractivity contribution in [3.63, 3.8) is 0 Å². The number of hydrogen-bond donors (Lipinski definition) is 2. The highest BCUT2D eigenvalue weighted by molar-refractivity contribution is 6.14. The summed E-state index contributed by atoms with van der Waals surface area (Å²) in [6.45, 7) is 1.78. The van der Waals surface area contributed by atoms with Crippen molar-refractivity contribution in [3.05, 3.63) is 58.8 Å². The smallest absolute Gasteiger partial charge is 0.123 e. The van der Waals surface area contributed by atoms with Crippen molar-refractivity contribution in [1.82, 2.24) is 0 Å². The number of hydroxylamine groups is 2. The van der Waals surface area contributed by atoms with E-state index in [0.29, 0.717) is 29.5 Å². The van der Waals surface area contributed by atoms with E-state index in [1.807, 2.05) is 42.5 Å². The molecule has 2 N–H and O–H groups in total. The maximum atomic E-state index is 11.8. The highest BCUT2D eigenvalue weighted by Gasteiger charge is 2.33. The fraction of sp³-hybridized carbons (Fsp3) is 0.316. The molecule has 5 heteroatoms. The van der Waals surface area contributed by atoms with Gasteiger partial charge in [-0.05, 0) is 11.6 Å². The van der Waals surface area contributed by atoms with Gasteiger partial charge in [-0.1, -0.05) is 60.7 Å². The first-order valence-electron chi connectivity index (χ1n) is 8.07. The maximum Gasteiger partial charge on any atom is 0.123 e. The van der Waals surface area contributed by atoms with Gasteiger partial charge in [0.15, 0.2) is 0 Å². The van der Waals surface area contributed by atoms with Gasteiger partial charge in [-0.25, -0.2) is 10.4 Å². The lowest BCUT2D eigenvalue weighted by atomic mass is 9.95. The molecular formula is C19H23NO3Si. The number of benzene rings is 1. The van der Waals surface area contributed by atoms with Crippen LogP contribution in [0.1, 0.15) is 31.7 Å². The number of quaternary nitrogens is 1. The SMILES string of the molecule is C[C@@H](C=O)C[C@]([SiH3])(CC1=CC=C(c2ccccc2)C#CC1)[NH+]([O-])O. The second kappa shape index (κ2) is 8.22. The summed E-state index contributed by atoms with van der Waals surface area (Å²) in [6.07, 6.45) is 6.20. The van der Waals surface area contributed by atoms with Crippen LogP contribution in [0, 0.1) is 23.0 Å². The van der Waals surface area contributed by atoms with Crippen LogP contribution in [0.3, 0.4) is 0 Å². The first-order valence-corrected chi connectivity index (χ1v) is 9.07. The quantitative estimate of drug-likeness (QED) is 0.334.